The van der Waals surface area contributed by atoms with Crippen LogP contribution < -0.4 is 20.2 Å². The topological polar surface area (TPSA) is 89.0 Å². The lowest BCUT2D eigenvalue weighted by Crippen LogP contribution is -2.32. The molecule has 0 saturated carbocycles. The zero-order valence-corrected chi connectivity index (χ0v) is 19.4. The number of hydrogen-bond donors (Lipinski definition) is 2. The standard InChI is InChI=1S/C24H21Cl2N3O4/c1-15(28-29-24(31)23(30)27-20-10-8-19(26)9-11-20)17-5-12-21(22(13-17)32-2)33-14-16-3-6-18(25)7-4-16/h3-13H,14H2,1-2H3,(H,27,30)(H,29,31). The van der Waals surface area contributed by atoms with E-state index in [2.05, 4.69) is 15.8 Å². The van der Waals surface area contributed by atoms with Crippen LogP contribution in [-0.2, 0) is 16.2 Å². The minimum Gasteiger partial charge on any atom is -0.493 e. The lowest BCUT2D eigenvalue weighted by atomic mass is 10.1. The van der Waals surface area contributed by atoms with Crippen molar-refractivity contribution in [2.75, 3.05) is 12.4 Å². The molecule has 0 aliphatic heterocycles. The highest BCUT2D eigenvalue weighted by Crippen LogP contribution is 2.29. The Morgan fingerprint density at radius 1 is 0.879 bits per heavy atom. The predicted molar refractivity (Wildman–Crippen MR) is 129 cm³/mol. The highest BCUT2D eigenvalue weighted by Gasteiger charge is 2.14. The van der Waals surface area contributed by atoms with E-state index in [0.717, 1.165) is 5.56 Å². The number of carbonyl (C=O) groups excluding carboxylic acids is 2. The van der Waals surface area contributed by atoms with Gasteiger partial charge in [0.1, 0.15) is 6.61 Å². The van der Waals surface area contributed by atoms with Crippen LogP contribution in [0.3, 0.4) is 0 Å². The van der Waals surface area contributed by atoms with Crippen LogP contribution in [-0.4, -0.2) is 24.6 Å². The maximum absolute atomic E-state index is 12.1. The second kappa shape index (κ2) is 11.4. The van der Waals surface area contributed by atoms with Gasteiger partial charge in [0.25, 0.3) is 0 Å². The van der Waals surface area contributed by atoms with Crippen molar-refractivity contribution in [2.24, 2.45) is 5.10 Å². The van der Waals surface area contributed by atoms with Crippen LogP contribution in [0.2, 0.25) is 10.0 Å². The number of methoxy groups -OCH3 is 1. The molecule has 2 amide bonds. The van der Waals surface area contributed by atoms with Crippen molar-refractivity contribution in [1.82, 2.24) is 5.43 Å². The van der Waals surface area contributed by atoms with Crippen LogP contribution in [0.4, 0.5) is 5.69 Å². The smallest absolute Gasteiger partial charge is 0.329 e. The van der Waals surface area contributed by atoms with Gasteiger partial charge in [-0.2, -0.15) is 5.10 Å². The Labute approximate surface area is 201 Å². The van der Waals surface area contributed by atoms with Gasteiger partial charge in [0.05, 0.1) is 12.8 Å². The molecule has 3 aromatic carbocycles. The van der Waals surface area contributed by atoms with E-state index in [1.54, 1.807) is 61.5 Å². The van der Waals surface area contributed by atoms with Gasteiger partial charge in [-0.15, -0.1) is 0 Å². The third-order valence-corrected chi connectivity index (χ3v) is 5.03. The summed E-state index contributed by atoms with van der Waals surface area (Å²) in [5.41, 5.74) is 4.81. The average molecular weight is 486 g/mol. The Morgan fingerprint density at radius 3 is 2.15 bits per heavy atom. The van der Waals surface area contributed by atoms with Gasteiger partial charge in [0.15, 0.2) is 11.5 Å². The summed E-state index contributed by atoms with van der Waals surface area (Å²) in [5.74, 6) is -0.699. The molecule has 170 valence electrons. The van der Waals surface area contributed by atoms with Crippen molar-refractivity contribution in [3.63, 3.8) is 0 Å². The molecule has 0 fully saturated rings. The zero-order valence-electron chi connectivity index (χ0n) is 17.9. The summed E-state index contributed by atoms with van der Waals surface area (Å²) in [6.45, 7) is 2.04. The van der Waals surface area contributed by atoms with Gasteiger partial charge >= 0.3 is 11.8 Å². The zero-order chi connectivity index (χ0) is 23.8. The van der Waals surface area contributed by atoms with Gasteiger partial charge < -0.3 is 14.8 Å². The number of carbonyl (C=O) groups is 2. The summed E-state index contributed by atoms with van der Waals surface area (Å²) in [6, 6.07) is 19.0. The van der Waals surface area contributed by atoms with Gasteiger partial charge in [-0.05, 0) is 67.1 Å². The molecular weight excluding hydrogens is 465 g/mol. The van der Waals surface area contributed by atoms with Gasteiger partial charge in [0.2, 0.25) is 0 Å². The molecular formula is C24H21Cl2N3O4. The molecule has 0 heterocycles. The fourth-order valence-electron chi connectivity index (χ4n) is 2.72. The number of halogens is 2. The van der Waals surface area contributed by atoms with E-state index in [9.17, 15) is 9.59 Å². The Morgan fingerprint density at radius 2 is 1.52 bits per heavy atom. The summed E-state index contributed by atoms with van der Waals surface area (Å²) >= 11 is 11.7. The molecule has 0 unspecified atom stereocenters. The number of rotatable bonds is 7. The van der Waals surface area contributed by atoms with E-state index in [0.29, 0.717) is 45.1 Å². The number of benzene rings is 3. The molecule has 0 bridgehead atoms. The van der Waals surface area contributed by atoms with Crippen molar-refractivity contribution in [1.29, 1.82) is 0 Å². The van der Waals surface area contributed by atoms with E-state index < -0.39 is 11.8 Å². The van der Waals surface area contributed by atoms with Crippen LogP contribution in [0.15, 0.2) is 71.8 Å². The average Bonchev–Trinajstić information content (AvgIpc) is 2.83. The number of amides is 2. The third-order valence-electron chi connectivity index (χ3n) is 4.52. The van der Waals surface area contributed by atoms with Crippen LogP contribution >= 0.6 is 23.2 Å². The van der Waals surface area contributed by atoms with Gasteiger partial charge in [-0.1, -0.05) is 35.3 Å². The summed E-state index contributed by atoms with van der Waals surface area (Å²) in [7, 11) is 1.53. The molecule has 0 atom stereocenters. The van der Waals surface area contributed by atoms with E-state index in [1.165, 1.54) is 7.11 Å². The van der Waals surface area contributed by atoms with Crippen molar-refractivity contribution < 1.29 is 19.1 Å². The van der Waals surface area contributed by atoms with Crippen LogP contribution in [0, 0.1) is 0 Å². The summed E-state index contributed by atoms with van der Waals surface area (Å²) in [4.78, 5) is 24.1. The fraction of sp³-hybridized carbons (Fsp3) is 0.125. The minimum atomic E-state index is -0.904. The minimum absolute atomic E-state index is 0.346. The summed E-state index contributed by atoms with van der Waals surface area (Å²) < 4.78 is 11.3. The van der Waals surface area contributed by atoms with E-state index in [1.807, 2.05) is 12.1 Å². The van der Waals surface area contributed by atoms with Crippen LogP contribution in [0.5, 0.6) is 11.5 Å². The molecule has 0 radical (unpaired) electrons. The number of hydrazone groups is 1. The quantitative estimate of drug-likeness (QED) is 0.278. The Kier molecular flexibility index (Phi) is 8.29. The third kappa shape index (κ3) is 6.97. The lowest BCUT2D eigenvalue weighted by Gasteiger charge is -2.12. The SMILES string of the molecule is COc1cc(C(C)=NNC(=O)C(=O)Nc2ccc(Cl)cc2)ccc1OCc1ccc(Cl)cc1. The normalized spacial score (nSPS) is 11.0. The van der Waals surface area contributed by atoms with Crippen molar-refractivity contribution >= 4 is 46.4 Å². The molecule has 33 heavy (non-hydrogen) atoms. The Hall–Kier alpha value is -3.55. The van der Waals surface area contributed by atoms with Crippen molar-refractivity contribution in [2.45, 2.75) is 13.5 Å². The highest BCUT2D eigenvalue weighted by atomic mass is 35.5. The highest BCUT2D eigenvalue weighted by molar-refractivity contribution is 6.39. The van der Waals surface area contributed by atoms with E-state index >= 15 is 0 Å². The lowest BCUT2D eigenvalue weighted by molar-refractivity contribution is -0.136. The first-order valence-corrected chi connectivity index (χ1v) is 10.6. The summed E-state index contributed by atoms with van der Waals surface area (Å²) in [6.07, 6.45) is 0. The largest absolute Gasteiger partial charge is 0.493 e. The number of nitrogens with one attached hydrogen (secondary N) is 2. The number of ether oxygens (including phenoxy) is 2. The van der Waals surface area contributed by atoms with E-state index in [4.69, 9.17) is 32.7 Å². The monoisotopic (exact) mass is 485 g/mol. The first-order chi connectivity index (χ1) is 15.9. The van der Waals surface area contributed by atoms with Gasteiger partial charge in [-0.25, -0.2) is 5.43 Å². The second-order valence-corrected chi connectivity index (χ2v) is 7.75. The molecule has 9 heteroatoms. The van der Waals surface area contributed by atoms with Gasteiger partial charge in [0, 0.05) is 21.3 Å². The maximum atomic E-state index is 12.1. The Bertz CT molecular complexity index is 1160. The first-order valence-electron chi connectivity index (χ1n) is 9.82. The molecule has 7 nitrogen and oxygen atoms in total. The van der Waals surface area contributed by atoms with Crippen molar-refractivity contribution in [3.05, 3.63) is 87.9 Å². The molecule has 3 aromatic rings. The van der Waals surface area contributed by atoms with Crippen LogP contribution in [0.1, 0.15) is 18.1 Å². The maximum Gasteiger partial charge on any atom is 0.329 e. The summed E-state index contributed by atoms with van der Waals surface area (Å²) in [5, 5.41) is 7.65. The fourth-order valence-corrected chi connectivity index (χ4v) is 2.98. The molecule has 0 saturated heterocycles. The number of anilines is 1. The number of nitrogens with zero attached hydrogens (tertiary/aromatic N) is 1. The molecule has 0 aliphatic carbocycles. The molecule has 0 aromatic heterocycles. The molecule has 2 N–H and O–H groups in total. The molecule has 0 aliphatic rings. The van der Waals surface area contributed by atoms with E-state index in [-0.39, 0.29) is 0 Å². The van der Waals surface area contributed by atoms with Crippen LogP contribution in [0.25, 0.3) is 0 Å². The first kappa shape index (κ1) is 24.1. The molecule has 3 rings (SSSR count). The predicted octanol–water partition coefficient (Wildman–Crippen LogP) is 5.06. The second-order valence-electron chi connectivity index (χ2n) is 6.88. The number of hydrogen-bond acceptors (Lipinski definition) is 5. The molecule has 0 spiro atoms. The Balaban J connectivity index is 1.61. The van der Waals surface area contributed by atoms with Gasteiger partial charge in [-0.3, -0.25) is 9.59 Å². The van der Waals surface area contributed by atoms with Crippen molar-refractivity contribution in [3.8, 4) is 11.5 Å².